The molecule has 0 aliphatic carbocycles. The van der Waals surface area contributed by atoms with Crippen LogP contribution in [0.4, 0.5) is 5.82 Å². The van der Waals surface area contributed by atoms with Crippen molar-refractivity contribution in [2.75, 3.05) is 31.2 Å². The van der Waals surface area contributed by atoms with E-state index in [1.54, 1.807) is 0 Å². The molecule has 0 amide bonds. The van der Waals surface area contributed by atoms with Crippen molar-refractivity contribution in [3.63, 3.8) is 0 Å². The Kier molecular flexibility index (Phi) is 5.53. The van der Waals surface area contributed by atoms with E-state index in [0.717, 1.165) is 24.6 Å². The Morgan fingerprint density at radius 3 is 2.56 bits per heavy atom. The summed E-state index contributed by atoms with van der Waals surface area (Å²) in [5, 5.41) is 0.483. The number of aromatic nitrogens is 2. The molecule has 0 bridgehead atoms. The first-order valence-corrected chi connectivity index (χ1v) is 9.73. The highest BCUT2D eigenvalue weighted by Crippen LogP contribution is 2.16. The second kappa shape index (κ2) is 7.65. The van der Waals surface area contributed by atoms with Crippen LogP contribution in [0.5, 0.6) is 0 Å². The lowest BCUT2D eigenvalue weighted by Crippen LogP contribution is -2.37. The van der Waals surface area contributed by atoms with Crippen LogP contribution >= 0.6 is 11.6 Å². The number of nitrogens with one attached hydrogen (secondary N) is 1. The number of rotatable bonds is 5. The number of hydrogen-bond donors (Lipinski definition) is 1. The van der Waals surface area contributed by atoms with Crippen LogP contribution in [0, 0.1) is 6.92 Å². The third kappa shape index (κ3) is 4.66. The zero-order valence-corrected chi connectivity index (χ0v) is 15.3. The minimum absolute atomic E-state index is 0.0178. The largest absolute Gasteiger partial charge is 0.378 e. The molecule has 1 aromatic heterocycles. The average molecular weight is 383 g/mol. The summed E-state index contributed by atoms with van der Waals surface area (Å²) < 4.78 is 32.6. The van der Waals surface area contributed by atoms with Gasteiger partial charge in [0.15, 0.2) is 0 Å². The Labute approximate surface area is 152 Å². The summed E-state index contributed by atoms with van der Waals surface area (Å²) in [7, 11) is -3.65. The quantitative estimate of drug-likeness (QED) is 0.848. The number of sulfonamides is 1. The summed E-state index contributed by atoms with van der Waals surface area (Å²) in [6.07, 6.45) is 0. The van der Waals surface area contributed by atoms with Crippen LogP contribution in [-0.4, -0.2) is 44.7 Å². The van der Waals surface area contributed by atoms with E-state index in [4.69, 9.17) is 16.3 Å². The molecule has 1 saturated heterocycles. The molecule has 134 valence electrons. The minimum atomic E-state index is -3.65. The number of aryl methyl sites for hydroxylation is 1. The fourth-order valence-electron chi connectivity index (χ4n) is 2.50. The standard InChI is InChI=1S/C16H19ClN4O3S/c1-12-10-16(21-6-8-24-9-7-21)20-15(19-12)11-18-25(22,23)14-4-2-13(17)3-5-14/h2-5,10,18H,6-9,11H2,1H3. The number of anilines is 1. The van der Waals surface area contributed by atoms with Crippen molar-refractivity contribution in [3.8, 4) is 0 Å². The number of halogens is 1. The van der Waals surface area contributed by atoms with Crippen LogP contribution in [0.25, 0.3) is 0 Å². The van der Waals surface area contributed by atoms with Crippen molar-refractivity contribution in [3.05, 3.63) is 46.9 Å². The molecule has 2 heterocycles. The maximum absolute atomic E-state index is 12.4. The molecule has 9 heteroatoms. The molecule has 1 aromatic carbocycles. The SMILES string of the molecule is Cc1cc(N2CCOCC2)nc(CNS(=O)(=O)c2ccc(Cl)cc2)n1. The summed E-state index contributed by atoms with van der Waals surface area (Å²) in [6.45, 7) is 4.70. The molecular formula is C16H19ClN4O3S. The molecule has 0 radical (unpaired) electrons. The number of benzene rings is 1. The fourth-order valence-corrected chi connectivity index (χ4v) is 3.61. The van der Waals surface area contributed by atoms with Crippen molar-refractivity contribution in [1.82, 2.24) is 14.7 Å². The lowest BCUT2D eigenvalue weighted by molar-refractivity contribution is 0.122. The predicted octanol–water partition coefficient (Wildman–Crippen LogP) is 1.75. The van der Waals surface area contributed by atoms with E-state index in [0.29, 0.717) is 24.1 Å². The highest BCUT2D eigenvalue weighted by atomic mass is 35.5. The molecule has 0 spiro atoms. The zero-order valence-electron chi connectivity index (χ0n) is 13.8. The van der Waals surface area contributed by atoms with Crippen LogP contribution in [-0.2, 0) is 21.3 Å². The second-order valence-electron chi connectivity index (χ2n) is 5.66. The lowest BCUT2D eigenvalue weighted by Gasteiger charge is -2.28. The van der Waals surface area contributed by atoms with Gasteiger partial charge in [0, 0.05) is 29.9 Å². The van der Waals surface area contributed by atoms with Gasteiger partial charge in [-0.15, -0.1) is 0 Å². The third-order valence-corrected chi connectivity index (χ3v) is 5.44. The fraction of sp³-hybridized carbons (Fsp3) is 0.375. The molecule has 7 nitrogen and oxygen atoms in total. The van der Waals surface area contributed by atoms with E-state index < -0.39 is 10.0 Å². The van der Waals surface area contributed by atoms with Gasteiger partial charge in [0.25, 0.3) is 0 Å². The van der Waals surface area contributed by atoms with Gasteiger partial charge in [-0.1, -0.05) is 11.6 Å². The van der Waals surface area contributed by atoms with E-state index in [2.05, 4.69) is 19.6 Å². The number of nitrogens with zero attached hydrogens (tertiary/aromatic N) is 3. The topological polar surface area (TPSA) is 84.4 Å². The number of hydrogen-bond acceptors (Lipinski definition) is 6. The Morgan fingerprint density at radius 1 is 1.20 bits per heavy atom. The van der Waals surface area contributed by atoms with Gasteiger partial charge in [-0.3, -0.25) is 0 Å². The molecule has 1 aliphatic heterocycles. The molecule has 25 heavy (non-hydrogen) atoms. The average Bonchev–Trinajstić information content (AvgIpc) is 2.61. The molecule has 1 aliphatic rings. The molecule has 1 N–H and O–H groups in total. The second-order valence-corrected chi connectivity index (χ2v) is 7.87. The van der Waals surface area contributed by atoms with E-state index in [1.165, 1.54) is 24.3 Å². The first kappa shape index (κ1) is 18.1. The summed E-state index contributed by atoms with van der Waals surface area (Å²) in [5.74, 6) is 1.22. The number of ether oxygens (including phenoxy) is 1. The van der Waals surface area contributed by atoms with Gasteiger partial charge in [0.05, 0.1) is 24.7 Å². The molecule has 0 unspecified atom stereocenters. The molecule has 0 atom stereocenters. The summed E-state index contributed by atoms with van der Waals surface area (Å²) in [5.41, 5.74) is 0.789. The molecule has 2 aromatic rings. The highest BCUT2D eigenvalue weighted by molar-refractivity contribution is 7.89. The predicted molar refractivity (Wildman–Crippen MR) is 95.3 cm³/mol. The third-order valence-electron chi connectivity index (χ3n) is 3.77. The van der Waals surface area contributed by atoms with Crippen molar-refractivity contribution >= 4 is 27.4 Å². The Hall–Kier alpha value is -1.74. The molecule has 0 saturated carbocycles. The van der Waals surface area contributed by atoms with Gasteiger partial charge in [-0.2, -0.15) is 0 Å². The van der Waals surface area contributed by atoms with Crippen LogP contribution < -0.4 is 9.62 Å². The minimum Gasteiger partial charge on any atom is -0.378 e. The van der Waals surface area contributed by atoms with E-state index in [9.17, 15) is 8.42 Å². The lowest BCUT2D eigenvalue weighted by atomic mass is 10.3. The first-order chi connectivity index (χ1) is 11.9. The van der Waals surface area contributed by atoms with Crippen molar-refractivity contribution in [2.24, 2.45) is 0 Å². The smallest absolute Gasteiger partial charge is 0.240 e. The van der Waals surface area contributed by atoms with Crippen LogP contribution in [0.1, 0.15) is 11.5 Å². The zero-order chi connectivity index (χ0) is 17.9. The van der Waals surface area contributed by atoms with Crippen LogP contribution in [0.15, 0.2) is 35.2 Å². The number of morpholine rings is 1. The van der Waals surface area contributed by atoms with E-state index >= 15 is 0 Å². The van der Waals surface area contributed by atoms with Gasteiger partial charge in [-0.25, -0.2) is 23.1 Å². The van der Waals surface area contributed by atoms with E-state index in [-0.39, 0.29) is 11.4 Å². The highest BCUT2D eigenvalue weighted by Gasteiger charge is 2.17. The Bertz CT molecular complexity index is 837. The molecule has 3 rings (SSSR count). The maximum Gasteiger partial charge on any atom is 0.240 e. The monoisotopic (exact) mass is 382 g/mol. The molecule has 1 fully saturated rings. The van der Waals surface area contributed by atoms with Crippen molar-refractivity contribution in [1.29, 1.82) is 0 Å². The first-order valence-electron chi connectivity index (χ1n) is 7.86. The maximum atomic E-state index is 12.4. The van der Waals surface area contributed by atoms with Crippen LogP contribution in [0.2, 0.25) is 5.02 Å². The summed E-state index contributed by atoms with van der Waals surface area (Å²) >= 11 is 5.79. The van der Waals surface area contributed by atoms with Crippen molar-refractivity contribution in [2.45, 2.75) is 18.4 Å². The van der Waals surface area contributed by atoms with E-state index in [1.807, 2.05) is 13.0 Å². The van der Waals surface area contributed by atoms with Gasteiger partial charge < -0.3 is 9.64 Å². The summed E-state index contributed by atoms with van der Waals surface area (Å²) in [4.78, 5) is 11.1. The normalized spacial score (nSPS) is 15.4. The van der Waals surface area contributed by atoms with Gasteiger partial charge in [-0.05, 0) is 31.2 Å². The van der Waals surface area contributed by atoms with Gasteiger partial charge >= 0.3 is 0 Å². The van der Waals surface area contributed by atoms with Gasteiger partial charge in [0.2, 0.25) is 10.0 Å². The summed E-state index contributed by atoms with van der Waals surface area (Å²) in [6, 6.07) is 7.88. The van der Waals surface area contributed by atoms with Crippen LogP contribution in [0.3, 0.4) is 0 Å². The Morgan fingerprint density at radius 2 is 1.88 bits per heavy atom. The van der Waals surface area contributed by atoms with Gasteiger partial charge in [0.1, 0.15) is 11.6 Å². The molecular weight excluding hydrogens is 364 g/mol. The Balaban J connectivity index is 1.74. The van der Waals surface area contributed by atoms with Crippen molar-refractivity contribution < 1.29 is 13.2 Å².